The van der Waals surface area contributed by atoms with Gasteiger partial charge in [-0.05, 0) is 6.92 Å². The molecule has 1 amide bonds. The lowest BCUT2D eigenvalue weighted by molar-refractivity contribution is -0.317. The quantitative estimate of drug-likeness (QED) is 0.850. The Labute approximate surface area is 101 Å². The van der Waals surface area contributed by atoms with Gasteiger partial charge in [0.15, 0.2) is 5.13 Å². The van der Waals surface area contributed by atoms with Crippen molar-refractivity contribution in [2.75, 3.05) is 5.32 Å². The van der Waals surface area contributed by atoms with Crippen molar-refractivity contribution in [3.8, 4) is 0 Å². The molecule has 1 aromatic rings. The third-order valence-electron chi connectivity index (χ3n) is 2.24. The molecule has 1 aromatic heterocycles. The number of rotatable bonds is 2. The van der Waals surface area contributed by atoms with Gasteiger partial charge in [-0.1, -0.05) is 0 Å². The normalized spacial score (nSPS) is 13.5. The van der Waals surface area contributed by atoms with Crippen molar-refractivity contribution in [1.82, 2.24) is 4.98 Å². The lowest BCUT2D eigenvalue weighted by Gasteiger charge is -2.31. The Morgan fingerprint density at radius 3 is 2.06 bits per heavy atom. The maximum Gasteiger partial charge on any atom is 0.411 e. The van der Waals surface area contributed by atoms with Crippen LogP contribution in [-0.2, 0) is 4.79 Å². The summed E-state index contributed by atoms with van der Waals surface area (Å²) in [5.41, 5.74) is -4.48. The molecule has 0 aliphatic rings. The molecule has 1 rings (SSSR count). The fourth-order valence-corrected chi connectivity index (χ4v) is 1.45. The van der Waals surface area contributed by atoms with Crippen LogP contribution in [0.1, 0.15) is 6.92 Å². The zero-order chi connectivity index (χ0) is 14.2. The van der Waals surface area contributed by atoms with E-state index in [4.69, 9.17) is 0 Å². The van der Waals surface area contributed by atoms with Crippen LogP contribution < -0.4 is 5.32 Å². The summed E-state index contributed by atoms with van der Waals surface area (Å²) in [6.07, 6.45) is -10.4. The van der Waals surface area contributed by atoms with E-state index < -0.39 is 23.7 Å². The summed E-state index contributed by atoms with van der Waals surface area (Å²) in [5, 5.41) is 2.47. The van der Waals surface area contributed by atoms with E-state index in [1.54, 1.807) is 0 Å². The van der Waals surface area contributed by atoms with Crippen LogP contribution in [0.3, 0.4) is 0 Å². The highest BCUT2D eigenvalue weighted by Gasteiger charge is 2.72. The Kier molecular flexibility index (Phi) is 3.61. The first kappa shape index (κ1) is 14.7. The van der Waals surface area contributed by atoms with E-state index in [-0.39, 0.29) is 12.1 Å². The number of hydrogen-bond acceptors (Lipinski definition) is 3. The van der Waals surface area contributed by atoms with Crippen molar-refractivity contribution >= 4 is 22.4 Å². The molecular weight excluding hydrogens is 286 g/mol. The molecule has 0 aromatic carbocycles. The minimum Gasteiger partial charge on any atom is -0.301 e. The smallest absolute Gasteiger partial charge is 0.301 e. The second kappa shape index (κ2) is 4.41. The molecule has 0 saturated carbocycles. The van der Waals surface area contributed by atoms with Crippen LogP contribution in [0.15, 0.2) is 11.6 Å². The molecule has 0 spiro atoms. The molecule has 3 nitrogen and oxygen atoms in total. The van der Waals surface area contributed by atoms with Crippen LogP contribution in [0.5, 0.6) is 0 Å². The molecule has 0 radical (unpaired) electrons. The lowest BCUT2D eigenvalue weighted by atomic mass is 9.88. The first-order valence-corrected chi connectivity index (χ1v) is 5.22. The van der Waals surface area contributed by atoms with E-state index in [1.165, 1.54) is 10.7 Å². The zero-order valence-corrected chi connectivity index (χ0v) is 9.50. The predicted molar refractivity (Wildman–Crippen MR) is 51.0 cm³/mol. The number of carbonyl (C=O) groups excluding carboxylic acids is 1. The number of nitrogens with zero attached hydrogens (tertiary/aromatic N) is 1. The summed E-state index contributed by atoms with van der Waals surface area (Å²) < 4.78 is 74.9. The van der Waals surface area contributed by atoms with Gasteiger partial charge in [-0.15, -0.1) is 11.3 Å². The molecule has 18 heavy (non-hydrogen) atoms. The second-order valence-corrected chi connectivity index (χ2v) is 4.31. The minimum absolute atomic E-state index is 0.212. The summed E-state index contributed by atoms with van der Waals surface area (Å²) in [4.78, 5) is 14.6. The van der Waals surface area contributed by atoms with Crippen molar-refractivity contribution in [1.29, 1.82) is 0 Å². The van der Waals surface area contributed by atoms with Crippen molar-refractivity contribution in [2.45, 2.75) is 19.3 Å². The third kappa shape index (κ3) is 2.42. The number of amides is 1. The molecule has 10 heteroatoms. The first-order valence-electron chi connectivity index (χ1n) is 4.34. The van der Waals surface area contributed by atoms with E-state index >= 15 is 0 Å². The highest BCUT2D eigenvalue weighted by atomic mass is 32.1. The van der Waals surface area contributed by atoms with Crippen molar-refractivity contribution < 1.29 is 31.1 Å². The van der Waals surface area contributed by atoms with Crippen molar-refractivity contribution in [2.24, 2.45) is 5.41 Å². The van der Waals surface area contributed by atoms with Crippen LogP contribution in [0, 0.1) is 5.41 Å². The fraction of sp³-hybridized carbons (Fsp3) is 0.500. The van der Waals surface area contributed by atoms with Crippen LogP contribution in [-0.4, -0.2) is 23.2 Å². The monoisotopic (exact) mass is 292 g/mol. The largest absolute Gasteiger partial charge is 0.411 e. The molecule has 0 unspecified atom stereocenters. The number of nitrogens with one attached hydrogen (secondary N) is 1. The molecule has 0 saturated heterocycles. The Bertz CT molecular complexity index is 410. The first-order chi connectivity index (χ1) is 8.00. The minimum atomic E-state index is -5.76. The van der Waals surface area contributed by atoms with E-state index in [2.05, 4.69) is 4.98 Å². The molecule has 0 atom stereocenters. The van der Waals surface area contributed by atoms with Crippen molar-refractivity contribution in [3.05, 3.63) is 11.6 Å². The molecule has 0 fully saturated rings. The summed E-state index contributed by atoms with van der Waals surface area (Å²) >= 11 is 0.711. The van der Waals surface area contributed by atoms with Gasteiger partial charge in [0.05, 0.1) is 0 Å². The Morgan fingerprint density at radius 1 is 1.22 bits per heavy atom. The maximum absolute atomic E-state index is 12.5. The maximum atomic E-state index is 12.5. The van der Waals surface area contributed by atoms with Crippen LogP contribution in [0.25, 0.3) is 0 Å². The highest BCUT2D eigenvalue weighted by Crippen LogP contribution is 2.50. The van der Waals surface area contributed by atoms with E-state index in [9.17, 15) is 31.1 Å². The molecular formula is C8H6F6N2OS. The summed E-state index contributed by atoms with van der Waals surface area (Å²) in [7, 11) is 0. The SMILES string of the molecule is CC(C(=O)Nc1nccs1)(C(F)(F)F)C(F)(F)F. The summed E-state index contributed by atoms with van der Waals surface area (Å²) in [6.45, 7) is -0.212. The summed E-state index contributed by atoms with van der Waals surface area (Å²) in [6, 6.07) is 0. The number of anilines is 1. The number of halogens is 6. The topological polar surface area (TPSA) is 42.0 Å². The van der Waals surface area contributed by atoms with Gasteiger partial charge in [-0.3, -0.25) is 4.79 Å². The average molecular weight is 292 g/mol. The van der Waals surface area contributed by atoms with Crippen LogP contribution in [0.4, 0.5) is 31.5 Å². The highest BCUT2D eigenvalue weighted by molar-refractivity contribution is 7.13. The van der Waals surface area contributed by atoms with Gasteiger partial charge in [-0.2, -0.15) is 26.3 Å². The van der Waals surface area contributed by atoms with Gasteiger partial charge in [-0.25, -0.2) is 4.98 Å². The molecule has 102 valence electrons. The van der Waals surface area contributed by atoms with Gasteiger partial charge in [0.1, 0.15) is 0 Å². The zero-order valence-electron chi connectivity index (χ0n) is 8.69. The van der Waals surface area contributed by atoms with Crippen LogP contribution in [0.2, 0.25) is 0 Å². The van der Waals surface area contributed by atoms with Gasteiger partial charge >= 0.3 is 12.4 Å². The van der Waals surface area contributed by atoms with E-state index in [1.807, 2.05) is 0 Å². The molecule has 1 heterocycles. The molecule has 0 bridgehead atoms. The Hall–Kier alpha value is -1.32. The number of hydrogen-bond donors (Lipinski definition) is 1. The van der Waals surface area contributed by atoms with Gasteiger partial charge < -0.3 is 5.32 Å². The summed E-state index contributed by atoms with van der Waals surface area (Å²) in [5.74, 6) is -2.21. The molecule has 1 N–H and O–H groups in total. The average Bonchev–Trinajstić information content (AvgIpc) is 2.65. The number of alkyl halides is 6. The van der Waals surface area contributed by atoms with Gasteiger partial charge in [0.2, 0.25) is 5.41 Å². The Morgan fingerprint density at radius 2 is 1.72 bits per heavy atom. The number of thiazole rings is 1. The lowest BCUT2D eigenvalue weighted by Crippen LogP contribution is -2.55. The van der Waals surface area contributed by atoms with Crippen LogP contribution >= 0.6 is 11.3 Å². The molecule has 0 aliphatic heterocycles. The van der Waals surface area contributed by atoms with E-state index in [0.29, 0.717) is 11.3 Å². The standard InChI is InChI=1S/C8H6F6N2OS/c1-6(7(9,10)11,8(12,13)14)4(17)16-5-15-2-3-18-5/h2-3H,1H3,(H,15,16,17). The predicted octanol–water partition coefficient (Wildman–Crippen LogP) is 3.21. The van der Waals surface area contributed by atoms with Crippen molar-refractivity contribution in [3.63, 3.8) is 0 Å². The third-order valence-corrected chi connectivity index (χ3v) is 2.93. The van der Waals surface area contributed by atoms with Gasteiger partial charge in [0, 0.05) is 11.6 Å². The molecule has 0 aliphatic carbocycles. The Balaban J connectivity index is 3.09. The number of aromatic nitrogens is 1. The van der Waals surface area contributed by atoms with E-state index in [0.717, 1.165) is 6.20 Å². The second-order valence-electron chi connectivity index (χ2n) is 3.41. The fourth-order valence-electron chi connectivity index (χ4n) is 0.925. The number of carbonyl (C=O) groups is 1. The van der Waals surface area contributed by atoms with Gasteiger partial charge in [0.25, 0.3) is 5.91 Å².